The van der Waals surface area contributed by atoms with E-state index in [1.165, 1.54) is 16.4 Å². The minimum Gasteiger partial charge on any atom is -0.340 e. The van der Waals surface area contributed by atoms with Crippen molar-refractivity contribution < 1.29 is 18.1 Å². The number of rotatable bonds is 4. The lowest BCUT2D eigenvalue weighted by atomic mass is 10.1. The Hall–Kier alpha value is -2.04. The summed E-state index contributed by atoms with van der Waals surface area (Å²) in [6.45, 7) is 4.17. The molecule has 3 rings (SSSR count). The van der Waals surface area contributed by atoms with E-state index in [9.17, 15) is 23.3 Å². The molecule has 0 aromatic heterocycles. The van der Waals surface area contributed by atoms with E-state index in [1.54, 1.807) is 11.8 Å². The second-order valence-corrected chi connectivity index (χ2v) is 8.53. The van der Waals surface area contributed by atoms with Gasteiger partial charge < -0.3 is 10.2 Å². The number of piperazine rings is 1. The average molecular weight is 382 g/mol. The van der Waals surface area contributed by atoms with Gasteiger partial charge in [-0.05, 0) is 25.5 Å². The van der Waals surface area contributed by atoms with E-state index in [4.69, 9.17) is 0 Å². The second kappa shape index (κ2) is 7.29. The maximum Gasteiger partial charge on any atom is 0.270 e. The lowest BCUT2D eigenvalue weighted by Gasteiger charge is -2.35. The van der Waals surface area contributed by atoms with Crippen LogP contribution in [0.25, 0.3) is 0 Å². The van der Waals surface area contributed by atoms with Crippen molar-refractivity contribution >= 4 is 21.6 Å². The first-order valence-corrected chi connectivity index (χ1v) is 9.99. The Bertz CT molecular complexity index is 812. The zero-order valence-electron chi connectivity index (χ0n) is 14.6. The van der Waals surface area contributed by atoms with Gasteiger partial charge in [-0.15, -0.1) is 0 Å². The topological polar surface area (TPSA) is 113 Å². The molecule has 1 aromatic rings. The van der Waals surface area contributed by atoms with E-state index in [0.717, 1.165) is 19.0 Å². The summed E-state index contributed by atoms with van der Waals surface area (Å²) in [7, 11) is -3.84. The molecule has 1 N–H and O–H groups in total. The van der Waals surface area contributed by atoms with Crippen LogP contribution in [0.3, 0.4) is 0 Å². The smallest absolute Gasteiger partial charge is 0.270 e. The lowest BCUT2D eigenvalue weighted by Crippen LogP contribution is -2.52. The van der Waals surface area contributed by atoms with Gasteiger partial charge in [-0.25, -0.2) is 8.42 Å². The molecule has 0 aliphatic carbocycles. The highest BCUT2D eigenvalue weighted by atomic mass is 32.2. The normalized spacial score (nSPS) is 21.7. The van der Waals surface area contributed by atoms with E-state index in [-0.39, 0.29) is 35.5 Å². The zero-order chi connectivity index (χ0) is 18.9. The molecule has 2 aliphatic rings. The summed E-state index contributed by atoms with van der Waals surface area (Å²) in [4.78, 5) is 24.5. The van der Waals surface area contributed by atoms with E-state index in [1.807, 2.05) is 0 Å². The van der Waals surface area contributed by atoms with E-state index < -0.39 is 14.9 Å². The van der Waals surface area contributed by atoms with Crippen LogP contribution in [0.5, 0.6) is 0 Å². The third-order valence-electron chi connectivity index (χ3n) is 4.96. The largest absolute Gasteiger partial charge is 0.340 e. The van der Waals surface area contributed by atoms with Crippen molar-refractivity contribution in [2.45, 2.75) is 18.2 Å². The first kappa shape index (κ1) is 18.7. The molecule has 142 valence electrons. The molecule has 9 nitrogen and oxygen atoms in total. The Morgan fingerprint density at radius 3 is 2.54 bits per heavy atom. The van der Waals surface area contributed by atoms with Crippen LogP contribution in [0, 0.1) is 23.0 Å². The highest BCUT2D eigenvalue weighted by Gasteiger charge is 2.34. The van der Waals surface area contributed by atoms with Crippen molar-refractivity contribution in [2.75, 3.05) is 39.3 Å². The Kier molecular flexibility index (Phi) is 5.26. The van der Waals surface area contributed by atoms with Crippen LogP contribution in [0.4, 0.5) is 5.69 Å². The number of nitro benzene ring substituents is 1. The van der Waals surface area contributed by atoms with Crippen molar-refractivity contribution in [2.24, 2.45) is 5.92 Å². The molecule has 2 aliphatic heterocycles. The van der Waals surface area contributed by atoms with Crippen LogP contribution in [-0.2, 0) is 14.8 Å². The second-order valence-electron chi connectivity index (χ2n) is 6.63. The molecule has 2 heterocycles. The Labute approximate surface area is 152 Å². The number of nitro groups is 1. The number of hydrogen-bond donors (Lipinski definition) is 1. The molecular weight excluding hydrogens is 360 g/mol. The maximum absolute atomic E-state index is 12.9. The standard InChI is InChI=1S/C16H22N4O5S/c1-12-2-3-14(20(22)23)10-15(12)26(24,25)19-8-6-18(7-9-19)16(21)13-4-5-17-11-13/h2-3,10,13,17H,4-9,11H2,1H3. The van der Waals surface area contributed by atoms with E-state index in [2.05, 4.69) is 5.32 Å². The fourth-order valence-electron chi connectivity index (χ4n) is 3.39. The molecule has 0 radical (unpaired) electrons. The molecule has 1 aromatic carbocycles. The molecule has 1 unspecified atom stereocenters. The molecule has 0 spiro atoms. The first-order valence-electron chi connectivity index (χ1n) is 8.55. The molecule has 1 atom stereocenters. The molecule has 0 bridgehead atoms. The fourth-order valence-corrected chi connectivity index (χ4v) is 5.06. The highest BCUT2D eigenvalue weighted by Crippen LogP contribution is 2.26. The van der Waals surface area contributed by atoms with Gasteiger partial charge >= 0.3 is 0 Å². The minimum absolute atomic E-state index is 0.0304. The molecule has 0 saturated carbocycles. The fraction of sp³-hybridized carbons (Fsp3) is 0.562. The van der Waals surface area contributed by atoms with Gasteiger partial charge in [0.05, 0.1) is 15.7 Å². The van der Waals surface area contributed by atoms with Crippen molar-refractivity contribution in [3.8, 4) is 0 Å². The van der Waals surface area contributed by atoms with E-state index >= 15 is 0 Å². The monoisotopic (exact) mass is 382 g/mol. The van der Waals surface area contributed by atoms with Crippen molar-refractivity contribution in [1.29, 1.82) is 0 Å². The number of nitrogens with one attached hydrogen (secondary N) is 1. The van der Waals surface area contributed by atoms with Gasteiger partial charge in [0.2, 0.25) is 15.9 Å². The van der Waals surface area contributed by atoms with Gasteiger partial charge in [0.25, 0.3) is 5.69 Å². The van der Waals surface area contributed by atoms with Crippen LogP contribution in [0.1, 0.15) is 12.0 Å². The molecule has 1 amide bonds. The number of amides is 1. The highest BCUT2D eigenvalue weighted by molar-refractivity contribution is 7.89. The molecule has 2 fully saturated rings. The maximum atomic E-state index is 12.9. The Morgan fingerprint density at radius 2 is 1.96 bits per heavy atom. The predicted octanol–water partition coefficient (Wildman–Crippen LogP) is 0.346. The number of nitrogens with zero attached hydrogens (tertiary/aromatic N) is 3. The number of carbonyl (C=O) groups is 1. The summed E-state index contributed by atoms with van der Waals surface area (Å²) >= 11 is 0. The van der Waals surface area contributed by atoms with Gasteiger partial charge in [0, 0.05) is 44.9 Å². The van der Waals surface area contributed by atoms with Crippen molar-refractivity contribution in [1.82, 2.24) is 14.5 Å². The third kappa shape index (κ3) is 3.57. The van der Waals surface area contributed by atoms with Gasteiger partial charge in [-0.3, -0.25) is 14.9 Å². The quantitative estimate of drug-likeness (QED) is 0.594. The molecule has 2 saturated heterocycles. The number of non-ortho nitro benzene ring substituents is 1. The SMILES string of the molecule is Cc1ccc([N+](=O)[O-])cc1S(=O)(=O)N1CCN(C(=O)C2CCNC2)CC1. The molecule has 10 heteroatoms. The van der Waals surface area contributed by atoms with Crippen LogP contribution in [0.15, 0.2) is 23.1 Å². The number of benzene rings is 1. The number of sulfonamides is 1. The lowest BCUT2D eigenvalue weighted by molar-refractivity contribution is -0.385. The van der Waals surface area contributed by atoms with Gasteiger partial charge in [0.1, 0.15) is 0 Å². The Balaban J connectivity index is 1.73. The van der Waals surface area contributed by atoms with Gasteiger partial charge in [0.15, 0.2) is 0 Å². The number of aryl methyl sites for hydroxylation is 1. The summed E-state index contributed by atoms with van der Waals surface area (Å²) in [5.74, 6) is 0.0377. The van der Waals surface area contributed by atoms with Crippen LogP contribution in [-0.4, -0.2) is 67.7 Å². The van der Waals surface area contributed by atoms with Crippen molar-refractivity contribution in [3.05, 3.63) is 33.9 Å². The summed E-state index contributed by atoms with van der Waals surface area (Å²) in [5, 5.41) is 14.1. The molecular formula is C16H22N4O5S. The minimum atomic E-state index is -3.84. The van der Waals surface area contributed by atoms with Gasteiger partial charge in [-0.1, -0.05) is 6.07 Å². The van der Waals surface area contributed by atoms with Crippen LogP contribution in [0.2, 0.25) is 0 Å². The molecule has 26 heavy (non-hydrogen) atoms. The summed E-state index contributed by atoms with van der Waals surface area (Å²) < 4.78 is 27.1. The third-order valence-corrected chi connectivity index (χ3v) is 7.00. The Morgan fingerprint density at radius 1 is 1.27 bits per heavy atom. The zero-order valence-corrected chi connectivity index (χ0v) is 15.4. The van der Waals surface area contributed by atoms with Gasteiger partial charge in [-0.2, -0.15) is 4.31 Å². The summed E-state index contributed by atoms with van der Waals surface area (Å²) in [6, 6.07) is 3.84. The van der Waals surface area contributed by atoms with Crippen molar-refractivity contribution in [3.63, 3.8) is 0 Å². The predicted molar refractivity (Wildman–Crippen MR) is 94.1 cm³/mol. The number of carbonyl (C=O) groups excluding carboxylic acids is 1. The summed E-state index contributed by atoms with van der Waals surface area (Å²) in [6.07, 6.45) is 0.810. The first-order chi connectivity index (χ1) is 12.3. The van der Waals surface area contributed by atoms with Crippen LogP contribution < -0.4 is 5.32 Å². The van der Waals surface area contributed by atoms with Crippen LogP contribution >= 0.6 is 0 Å². The van der Waals surface area contributed by atoms with E-state index in [0.29, 0.717) is 25.2 Å². The number of hydrogen-bond acceptors (Lipinski definition) is 6. The average Bonchev–Trinajstić information content (AvgIpc) is 3.16. The summed E-state index contributed by atoms with van der Waals surface area (Å²) in [5.41, 5.74) is 0.211.